The Bertz CT molecular complexity index is 1140. The third-order valence-corrected chi connectivity index (χ3v) is 4.91. The van der Waals surface area contributed by atoms with Gasteiger partial charge < -0.3 is 4.74 Å². The Morgan fingerprint density at radius 2 is 1.62 bits per heavy atom. The molecular weight excluding hydrogens is 378 g/mol. The van der Waals surface area contributed by atoms with Crippen molar-refractivity contribution >= 4 is 11.6 Å². The molecule has 4 rings (SSSR count). The van der Waals surface area contributed by atoms with E-state index < -0.39 is 0 Å². The van der Waals surface area contributed by atoms with Crippen molar-refractivity contribution in [3.05, 3.63) is 113 Å². The van der Waals surface area contributed by atoms with E-state index in [1.807, 2.05) is 91.0 Å². The average Bonchev–Trinajstić information content (AvgIpc) is 2.79. The van der Waals surface area contributed by atoms with E-state index in [0.717, 1.165) is 33.6 Å². The third kappa shape index (κ3) is 4.48. The van der Waals surface area contributed by atoms with Crippen LogP contribution in [0.1, 0.15) is 11.1 Å². The quantitative estimate of drug-likeness (QED) is 0.368. The molecule has 0 atom stereocenters. The van der Waals surface area contributed by atoms with Crippen molar-refractivity contribution in [2.75, 3.05) is 0 Å². The fourth-order valence-electron chi connectivity index (χ4n) is 3.16. The normalized spacial score (nSPS) is 10.3. The Balaban J connectivity index is 1.56. The van der Waals surface area contributed by atoms with Gasteiger partial charge in [-0.1, -0.05) is 66.2 Å². The second-order valence-electron chi connectivity index (χ2n) is 6.58. The highest BCUT2D eigenvalue weighted by molar-refractivity contribution is 6.30. The van der Waals surface area contributed by atoms with Gasteiger partial charge in [-0.3, -0.25) is 0 Å². The third-order valence-electron chi connectivity index (χ3n) is 4.66. The summed E-state index contributed by atoms with van der Waals surface area (Å²) in [6.07, 6.45) is 0. The zero-order valence-corrected chi connectivity index (χ0v) is 16.4. The van der Waals surface area contributed by atoms with E-state index in [9.17, 15) is 5.26 Å². The van der Waals surface area contributed by atoms with Crippen molar-refractivity contribution in [3.8, 4) is 34.1 Å². The van der Waals surface area contributed by atoms with E-state index in [2.05, 4.69) is 12.1 Å². The maximum absolute atomic E-state index is 9.27. The van der Waals surface area contributed by atoms with Crippen LogP contribution in [0.3, 0.4) is 0 Å². The Morgan fingerprint density at radius 1 is 0.862 bits per heavy atom. The van der Waals surface area contributed by atoms with Gasteiger partial charge >= 0.3 is 0 Å². The molecule has 0 heterocycles. The largest absolute Gasteiger partial charge is 0.489 e. The minimum atomic E-state index is 0.365. The summed E-state index contributed by atoms with van der Waals surface area (Å²) in [4.78, 5) is 0. The number of benzene rings is 4. The van der Waals surface area contributed by atoms with Gasteiger partial charge in [-0.05, 0) is 70.3 Å². The van der Waals surface area contributed by atoms with Crippen LogP contribution in [0, 0.1) is 17.4 Å². The smallest absolute Gasteiger partial charge is 0.119 e. The molecule has 0 aromatic heterocycles. The van der Waals surface area contributed by atoms with Crippen LogP contribution in [0.2, 0.25) is 5.02 Å². The van der Waals surface area contributed by atoms with E-state index in [4.69, 9.17) is 16.3 Å². The first-order valence-electron chi connectivity index (χ1n) is 9.22. The van der Waals surface area contributed by atoms with E-state index >= 15 is 0 Å². The zero-order chi connectivity index (χ0) is 20.1. The van der Waals surface area contributed by atoms with Gasteiger partial charge in [-0.25, -0.2) is 0 Å². The van der Waals surface area contributed by atoms with Crippen molar-refractivity contribution < 1.29 is 4.74 Å². The average molecular weight is 395 g/mol. The molecule has 0 fully saturated rings. The summed E-state index contributed by atoms with van der Waals surface area (Å²) in [6.45, 7) is 0.365. The highest BCUT2D eigenvalue weighted by atomic mass is 35.5. The van der Waals surface area contributed by atoms with Crippen molar-refractivity contribution in [3.63, 3.8) is 0 Å². The Kier molecular flexibility index (Phi) is 5.61. The van der Waals surface area contributed by atoms with Crippen LogP contribution in [0.5, 0.6) is 5.75 Å². The van der Waals surface area contributed by atoms with Crippen LogP contribution in [0.4, 0.5) is 0 Å². The molecule has 29 heavy (non-hydrogen) atoms. The molecule has 0 aliphatic carbocycles. The summed E-state index contributed by atoms with van der Waals surface area (Å²) in [6, 6.07) is 34.6. The molecule has 0 bridgehead atoms. The van der Waals surface area contributed by atoms with Gasteiger partial charge in [0.25, 0.3) is 0 Å². The second-order valence-corrected chi connectivity index (χ2v) is 7.02. The predicted molar refractivity (Wildman–Crippen MR) is 117 cm³/mol. The molecule has 0 aliphatic heterocycles. The van der Waals surface area contributed by atoms with Gasteiger partial charge in [0.05, 0.1) is 11.6 Å². The molecule has 0 unspecified atom stereocenters. The van der Waals surface area contributed by atoms with Gasteiger partial charge in [0.2, 0.25) is 0 Å². The predicted octanol–water partition coefficient (Wildman–Crippen LogP) is 6.92. The van der Waals surface area contributed by atoms with Crippen LogP contribution in [0.15, 0.2) is 91.0 Å². The first kappa shape index (κ1) is 18.8. The Hall–Kier alpha value is -3.54. The van der Waals surface area contributed by atoms with Crippen molar-refractivity contribution in [2.24, 2.45) is 0 Å². The Labute approximate surface area is 175 Å². The maximum atomic E-state index is 9.27. The fraction of sp³-hybridized carbons (Fsp3) is 0.0385. The van der Waals surface area contributed by atoms with Crippen molar-refractivity contribution in [2.45, 2.75) is 6.61 Å². The number of rotatable bonds is 5. The molecule has 0 amide bonds. The van der Waals surface area contributed by atoms with E-state index in [0.29, 0.717) is 17.2 Å². The molecule has 0 N–H and O–H groups in total. The van der Waals surface area contributed by atoms with Crippen LogP contribution in [-0.4, -0.2) is 0 Å². The molecule has 0 saturated heterocycles. The molecule has 0 saturated carbocycles. The summed E-state index contributed by atoms with van der Waals surface area (Å²) in [5, 5.41) is 9.96. The molecule has 2 nitrogen and oxygen atoms in total. The lowest BCUT2D eigenvalue weighted by Gasteiger charge is -2.13. The van der Waals surface area contributed by atoms with Crippen LogP contribution >= 0.6 is 11.6 Å². The fourth-order valence-corrected chi connectivity index (χ4v) is 3.28. The minimum Gasteiger partial charge on any atom is -0.489 e. The number of hydrogen-bond acceptors (Lipinski definition) is 2. The van der Waals surface area contributed by atoms with Crippen molar-refractivity contribution in [1.82, 2.24) is 0 Å². The molecule has 139 valence electrons. The van der Waals surface area contributed by atoms with Gasteiger partial charge in [0.15, 0.2) is 0 Å². The standard InChI is InChI=1S/C26H17ClNO/c27-24-11-7-22(8-12-24)26-15-6-19(17-28)16-23(26)18-29-25-13-9-21(10-14-25)20-4-2-1-3-5-20/h1-4,6-16H,18H2. The number of ether oxygens (including phenoxy) is 1. The van der Waals surface area contributed by atoms with Gasteiger partial charge in [-0.15, -0.1) is 0 Å². The first-order chi connectivity index (χ1) is 14.2. The topological polar surface area (TPSA) is 33.0 Å². The molecule has 0 aliphatic rings. The Morgan fingerprint density at radius 3 is 2.31 bits per heavy atom. The number of halogens is 1. The first-order valence-corrected chi connectivity index (χ1v) is 9.60. The lowest BCUT2D eigenvalue weighted by atomic mass is 9.98. The summed E-state index contributed by atoms with van der Waals surface area (Å²) in [5.41, 5.74) is 5.75. The molecule has 0 spiro atoms. The second kappa shape index (κ2) is 8.65. The molecule has 4 aromatic carbocycles. The SMILES string of the molecule is N#Cc1ccc(-c2ccc(Cl)cc2)c(COc2ccc(-c3[c]cccc3)cc2)c1. The van der Waals surface area contributed by atoms with Gasteiger partial charge in [0.1, 0.15) is 12.4 Å². The highest BCUT2D eigenvalue weighted by Gasteiger charge is 2.08. The van der Waals surface area contributed by atoms with Crippen LogP contribution in [0.25, 0.3) is 22.3 Å². The van der Waals surface area contributed by atoms with Crippen molar-refractivity contribution in [1.29, 1.82) is 5.26 Å². The van der Waals surface area contributed by atoms with Gasteiger partial charge in [-0.2, -0.15) is 5.26 Å². The zero-order valence-electron chi connectivity index (χ0n) is 15.6. The van der Waals surface area contributed by atoms with E-state index in [1.165, 1.54) is 0 Å². The maximum Gasteiger partial charge on any atom is 0.119 e. The van der Waals surface area contributed by atoms with Crippen LogP contribution < -0.4 is 4.74 Å². The molecule has 3 heteroatoms. The van der Waals surface area contributed by atoms with E-state index in [-0.39, 0.29) is 0 Å². The number of nitriles is 1. The number of hydrogen-bond donors (Lipinski definition) is 0. The highest BCUT2D eigenvalue weighted by Crippen LogP contribution is 2.28. The summed E-state index contributed by atoms with van der Waals surface area (Å²) in [7, 11) is 0. The molecule has 4 aromatic rings. The monoisotopic (exact) mass is 394 g/mol. The van der Waals surface area contributed by atoms with Crippen LogP contribution in [-0.2, 0) is 6.61 Å². The lowest BCUT2D eigenvalue weighted by Crippen LogP contribution is -1.99. The summed E-state index contributed by atoms with van der Waals surface area (Å²) in [5.74, 6) is 0.772. The summed E-state index contributed by atoms with van der Waals surface area (Å²) >= 11 is 6.01. The lowest BCUT2D eigenvalue weighted by molar-refractivity contribution is 0.307. The van der Waals surface area contributed by atoms with Gasteiger partial charge in [0, 0.05) is 5.02 Å². The number of nitrogens with zero attached hydrogens (tertiary/aromatic N) is 1. The molecular formula is C26H17ClNO. The minimum absolute atomic E-state index is 0.365. The summed E-state index contributed by atoms with van der Waals surface area (Å²) < 4.78 is 6.02. The van der Waals surface area contributed by atoms with E-state index in [1.54, 1.807) is 0 Å². The molecule has 1 radical (unpaired) electrons.